The van der Waals surface area contributed by atoms with E-state index < -0.39 is 18.1 Å². The summed E-state index contributed by atoms with van der Waals surface area (Å²) in [6, 6.07) is 11.5. The van der Waals surface area contributed by atoms with Gasteiger partial charge in [0.1, 0.15) is 5.69 Å². The Labute approximate surface area is 216 Å². The number of nitrogens with zero attached hydrogens (tertiary/aromatic N) is 4. The highest BCUT2D eigenvalue weighted by Gasteiger charge is 2.38. The van der Waals surface area contributed by atoms with Crippen LogP contribution in [0.5, 0.6) is 0 Å². The van der Waals surface area contributed by atoms with E-state index in [4.69, 9.17) is 9.90 Å². The fourth-order valence-electron chi connectivity index (χ4n) is 3.99. The van der Waals surface area contributed by atoms with Crippen molar-refractivity contribution in [3.8, 4) is 5.95 Å². The number of hydrogen-bond acceptors (Lipinski definition) is 6. The van der Waals surface area contributed by atoms with Crippen LogP contribution in [-0.4, -0.2) is 60.4 Å². The first-order valence-electron chi connectivity index (χ1n) is 11.9. The van der Waals surface area contributed by atoms with Crippen LogP contribution < -0.4 is 10.9 Å². The molecule has 204 valence electrons. The van der Waals surface area contributed by atoms with E-state index in [1.165, 1.54) is 35.6 Å². The molecule has 10 nitrogen and oxygen atoms in total. The second-order valence-electron chi connectivity index (χ2n) is 9.06. The maximum atomic E-state index is 12.6. The molecule has 0 saturated carbocycles. The average molecular weight is 535 g/mol. The number of amides is 1. The second-order valence-corrected chi connectivity index (χ2v) is 9.06. The number of rotatable bonds is 5. The minimum Gasteiger partial charge on any atom is -0.475 e. The smallest absolute Gasteiger partial charge is 0.475 e. The van der Waals surface area contributed by atoms with Crippen LogP contribution in [0.1, 0.15) is 53.6 Å². The number of halogens is 3. The van der Waals surface area contributed by atoms with Gasteiger partial charge >= 0.3 is 12.1 Å². The highest BCUT2D eigenvalue weighted by molar-refractivity contribution is 6.02. The molecule has 0 aliphatic carbocycles. The van der Waals surface area contributed by atoms with Crippen LogP contribution in [0.4, 0.5) is 18.9 Å². The van der Waals surface area contributed by atoms with Gasteiger partial charge in [-0.2, -0.15) is 17.9 Å². The van der Waals surface area contributed by atoms with Crippen molar-refractivity contribution in [1.82, 2.24) is 24.6 Å². The lowest BCUT2D eigenvalue weighted by Crippen LogP contribution is -2.36. The van der Waals surface area contributed by atoms with Gasteiger partial charge in [0.15, 0.2) is 0 Å². The van der Waals surface area contributed by atoms with E-state index in [0.29, 0.717) is 11.7 Å². The summed E-state index contributed by atoms with van der Waals surface area (Å²) in [6.07, 6.45) is -1.27. The maximum absolute atomic E-state index is 12.6. The number of aliphatic carboxylic acids is 1. The van der Waals surface area contributed by atoms with Gasteiger partial charge in [0, 0.05) is 35.7 Å². The largest absolute Gasteiger partial charge is 0.490 e. The summed E-state index contributed by atoms with van der Waals surface area (Å²) in [7, 11) is 0. The van der Waals surface area contributed by atoms with Gasteiger partial charge in [0.25, 0.3) is 17.4 Å². The summed E-state index contributed by atoms with van der Waals surface area (Å²) in [5, 5.41) is 12.8. The van der Waals surface area contributed by atoms with Crippen LogP contribution in [0.2, 0.25) is 0 Å². The van der Waals surface area contributed by atoms with Gasteiger partial charge in [0.2, 0.25) is 0 Å². The van der Waals surface area contributed by atoms with Gasteiger partial charge in [-0.05, 0) is 63.9 Å². The number of carboxylic acid groups (broad SMARTS) is 1. The van der Waals surface area contributed by atoms with Crippen LogP contribution >= 0.6 is 0 Å². The van der Waals surface area contributed by atoms with Crippen molar-refractivity contribution in [3.05, 3.63) is 69.4 Å². The fraction of sp³-hybridized carbons (Fsp3) is 0.400. The first kappa shape index (κ1) is 28.6. The Hall–Kier alpha value is -4.00. The summed E-state index contributed by atoms with van der Waals surface area (Å²) in [6.45, 7) is 7.99. The Balaban J connectivity index is 0.000000505. The lowest BCUT2D eigenvalue weighted by Gasteiger charge is -2.33. The predicted molar refractivity (Wildman–Crippen MR) is 133 cm³/mol. The molecule has 0 radical (unpaired) electrons. The Morgan fingerprint density at radius 3 is 2.26 bits per heavy atom. The molecule has 3 aromatic rings. The lowest BCUT2D eigenvalue weighted by molar-refractivity contribution is -0.192. The number of alkyl halides is 3. The summed E-state index contributed by atoms with van der Waals surface area (Å²) >= 11 is 0. The number of aromatic amines is 1. The Morgan fingerprint density at radius 1 is 1.11 bits per heavy atom. The van der Waals surface area contributed by atoms with Crippen molar-refractivity contribution in [2.45, 2.75) is 58.8 Å². The molecule has 4 rings (SSSR count). The zero-order valence-corrected chi connectivity index (χ0v) is 21.2. The van der Waals surface area contributed by atoms with Crippen LogP contribution in [0.3, 0.4) is 0 Å². The number of aromatic nitrogens is 4. The van der Waals surface area contributed by atoms with E-state index in [0.717, 1.165) is 24.5 Å². The standard InChI is InChI=1S/C23H28N6O2.C2HF3O2/c1-15-12-16(2)25-23(24-15)29-21(30)13-20(27-29)22(31)26-19-9-7-18(8-10-19)14-28-11-5-4-6-17(28)3;3-2(4,5)1(6)7/h7-10,12-13,17,27H,4-6,11,14H2,1-3H3,(H,26,31);(H,6,7). The quantitative estimate of drug-likeness (QED) is 0.453. The molecule has 0 bridgehead atoms. The van der Waals surface area contributed by atoms with Gasteiger partial charge < -0.3 is 10.4 Å². The lowest BCUT2D eigenvalue weighted by atomic mass is 10.0. The van der Waals surface area contributed by atoms with E-state index in [1.807, 2.05) is 44.2 Å². The number of piperidine rings is 1. The average Bonchev–Trinajstić information content (AvgIpc) is 3.23. The van der Waals surface area contributed by atoms with Crippen molar-refractivity contribution < 1.29 is 27.9 Å². The summed E-state index contributed by atoms with van der Waals surface area (Å²) in [5.41, 5.74) is 3.15. The normalized spacial score (nSPS) is 15.9. The third-order valence-electron chi connectivity index (χ3n) is 5.92. The fourth-order valence-corrected chi connectivity index (χ4v) is 3.99. The van der Waals surface area contributed by atoms with Crippen molar-refractivity contribution in [2.75, 3.05) is 11.9 Å². The number of carbonyl (C=O) groups is 2. The number of benzene rings is 1. The SMILES string of the molecule is Cc1cc(C)nc(-n2[nH]c(C(=O)Nc3ccc(CN4CCCCC4C)cc3)cc2=O)n1.O=C(O)C(F)(F)F. The molecule has 1 atom stereocenters. The van der Waals surface area contributed by atoms with E-state index in [9.17, 15) is 22.8 Å². The van der Waals surface area contributed by atoms with Crippen molar-refractivity contribution >= 4 is 17.6 Å². The van der Waals surface area contributed by atoms with E-state index in [2.05, 4.69) is 32.2 Å². The minimum absolute atomic E-state index is 0.152. The molecule has 1 aliphatic heterocycles. The molecule has 1 saturated heterocycles. The number of hydrogen-bond donors (Lipinski definition) is 3. The van der Waals surface area contributed by atoms with E-state index >= 15 is 0 Å². The molecule has 1 unspecified atom stereocenters. The van der Waals surface area contributed by atoms with Gasteiger partial charge in [-0.3, -0.25) is 19.6 Å². The molecule has 38 heavy (non-hydrogen) atoms. The topological polar surface area (TPSA) is 133 Å². The van der Waals surface area contributed by atoms with Gasteiger partial charge in [-0.25, -0.2) is 14.8 Å². The molecule has 1 aromatic carbocycles. The monoisotopic (exact) mass is 534 g/mol. The summed E-state index contributed by atoms with van der Waals surface area (Å²) < 4.78 is 32.9. The molecular formula is C25H29F3N6O4. The Bertz CT molecular complexity index is 1310. The number of carbonyl (C=O) groups excluding carboxylic acids is 1. The van der Waals surface area contributed by atoms with Gasteiger partial charge in [-0.1, -0.05) is 18.6 Å². The van der Waals surface area contributed by atoms with Gasteiger partial charge in [-0.15, -0.1) is 0 Å². The third kappa shape index (κ3) is 7.75. The zero-order chi connectivity index (χ0) is 28.0. The number of aryl methyl sites for hydroxylation is 2. The third-order valence-corrected chi connectivity index (χ3v) is 5.92. The van der Waals surface area contributed by atoms with Gasteiger partial charge in [0.05, 0.1) is 0 Å². The van der Waals surface area contributed by atoms with Crippen molar-refractivity contribution in [3.63, 3.8) is 0 Å². The molecule has 1 amide bonds. The first-order chi connectivity index (χ1) is 17.8. The van der Waals surface area contributed by atoms with Crippen LogP contribution in [0, 0.1) is 13.8 Å². The number of nitrogens with one attached hydrogen (secondary N) is 2. The summed E-state index contributed by atoms with van der Waals surface area (Å²) in [5.74, 6) is -2.93. The Morgan fingerprint density at radius 2 is 1.71 bits per heavy atom. The molecule has 1 aliphatic rings. The van der Waals surface area contributed by atoms with Crippen LogP contribution in [0.25, 0.3) is 5.95 Å². The van der Waals surface area contributed by atoms with Crippen molar-refractivity contribution in [2.24, 2.45) is 0 Å². The number of likely N-dealkylation sites (tertiary alicyclic amines) is 1. The molecule has 13 heteroatoms. The zero-order valence-electron chi connectivity index (χ0n) is 21.2. The Kier molecular flexibility index (Phi) is 9.04. The molecule has 3 heterocycles. The van der Waals surface area contributed by atoms with E-state index in [-0.39, 0.29) is 17.2 Å². The molecule has 3 N–H and O–H groups in total. The maximum Gasteiger partial charge on any atom is 0.490 e. The second kappa shape index (κ2) is 12.0. The highest BCUT2D eigenvalue weighted by atomic mass is 19.4. The number of carboxylic acids is 1. The molecule has 2 aromatic heterocycles. The summed E-state index contributed by atoms with van der Waals surface area (Å²) in [4.78, 5) is 44.9. The molecule has 0 spiro atoms. The van der Waals surface area contributed by atoms with Crippen molar-refractivity contribution in [1.29, 1.82) is 0 Å². The minimum atomic E-state index is -5.08. The molecule has 1 fully saturated rings. The first-order valence-corrected chi connectivity index (χ1v) is 11.9. The predicted octanol–water partition coefficient (Wildman–Crippen LogP) is 3.83. The van der Waals surface area contributed by atoms with Crippen LogP contribution in [-0.2, 0) is 11.3 Å². The van der Waals surface area contributed by atoms with E-state index in [1.54, 1.807) is 0 Å². The van der Waals surface area contributed by atoms with Crippen LogP contribution in [0.15, 0.2) is 41.2 Å². The highest BCUT2D eigenvalue weighted by Crippen LogP contribution is 2.20. The number of H-pyrrole nitrogens is 1. The number of anilines is 1. The molecular weight excluding hydrogens is 505 g/mol.